The fraction of sp³-hybridized carbons (Fsp3) is 0.750. The minimum atomic E-state index is 0.0354. The number of hydrogen-bond acceptors (Lipinski definition) is 4. The predicted molar refractivity (Wildman–Crippen MR) is 84.8 cm³/mol. The summed E-state index contributed by atoms with van der Waals surface area (Å²) < 4.78 is 1.60. The zero-order valence-electron chi connectivity index (χ0n) is 12.8. The number of nitrogens with zero attached hydrogens (tertiary/aromatic N) is 3. The number of aryl methyl sites for hydroxylation is 1. The molecule has 1 aliphatic heterocycles. The van der Waals surface area contributed by atoms with E-state index in [1.165, 1.54) is 32.1 Å². The van der Waals surface area contributed by atoms with Crippen molar-refractivity contribution in [1.29, 1.82) is 0 Å². The number of anilines is 1. The van der Waals surface area contributed by atoms with Crippen molar-refractivity contribution in [2.45, 2.75) is 57.5 Å². The molecule has 1 N–H and O–H groups in total. The molecule has 0 aromatic carbocycles. The van der Waals surface area contributed by atoms with Gasteiger partial charge in [0.2, 0.25) is 0 Å². The smallest absolute Gasteiger partial charge is 0.268 e. The van der Waals surface area contributed by atoms with Gasteiger partial charge in [-0.25, -0.2) is 4.68 Å². The first-order chi connectivity index (χ1) is 10.3. The van der Waals surface area contributed by atoms with Gasteiger partial charge in [-0.3, -0.25) is 4.79 Å². The lowest BCUT2D eigenvalue weighted by Crippen LogP contribution is -2.32. The van der Waals surface area contributed by atoms with Gasteiger partial charge in [-0.2, -0.15) is 5.10 Å². The van der Waals surface area contributed by atoms with Crippen LogP contribution in [-0.2, 0) is 6.54 Å². The van der Waals surface area contributed by atoms with Crippen LogP contribution < -0.4 is 15.8 Å². The van der Waals surface area contributed by atoms with Crippen molar-refractivity contribution in [2.75, 3.05) is 24.5 Å². The lowest BCUT2D eigenvalue weighted by molar-refractivity contribution is 0.512. The van der Waals surface area contributed by atoms with Gasteiger partial charge >= 0.3 is 0 Å². The second kappa shape index (κ2) is 7.07. The molecular formula is C16H26N4O. The number of nitrogens with one attached hydrogen (secondary N) is 1. The molecule has 0 bridgehead atoms. The minimum absolute atomic E-state index is 0.0354. The van der Waals surface area contributed by atoms with Crippen LogP contribution in [-0.4, -0.2) is 35.5 Å². The summed E-state index contributed by atoms with van der Waals surface area (Å²) in [6.07, 6.45) is 10.4. The van der Waals surface area contributed by atoms with Gasteiger partial charge in [-0.05, 0) is 51.5 Å². The molecule has 116 valence electrons. The van der Waals surface area contributed by atoms with Gasteiger partial charge in [-0.1, -0.05) is 0 Å². The van der Waals surface area contributed by atoms with E-state index < -0.39 is 0 Å². The molecule has 3 rings (SSSR count). The average molecular weight is 290 g/mol. The molecule has 0 spiro atoms. The molecule has 1 aromatic rings. The number of piperidine rings is 1. The molecule has 1 saturated heterocycles. The van der Waals surface area contributed by atoms with Crippen LogP contribution in [0.25, 0.3) is 0 Å². The third-order valence-electron chi connectivity index (χ3n) is 4.38. The second-order valence-corrected chi connectivity index (χ2v) is 6.26. The highest BCUT2D eigenvalue weighted by Crippen LogP contribution is 2.18. The van der Waals surface area contributed by atoms with Gasteiger partial charge in [0.1, 0.15) is 0 Å². The lowest BCUT2D eigenvalue weighted by Gasteiger charge is -2.28. The quantitative estimate of drug-likeness (QED) is 0.778. The Morgan fingerprint density at radius 1 is 1.19 bits per heavy atom. The summed E-state index contributed by atoms with van der Waals surface area (Å²) in [5, 5.41) is 7.84. The van der Waals surface area contributed by atoms with Gasteiger partial charge in [-0.15, -0.1) is 0 Å². The first-order valence-corrected chi connectivity index (χ1v) is 8.38. The van der Waals surface area contributed by atoms with Gasteiger partial charge in [0.25, 0.3) is 5.56 Å². The van der Waals surface area contributed by atoms with E-state index in [1.807, 2.05) is 6.20 Å². The Balaban J connectivity index is 1.47. The molecule has 0 radical (unpaired) electrons. The summed E-state index contributed by atoms with van der Waals surface area (Å²) in [5.41, 5.74) is 1.03. The molecule has 1 aliphatic carbocycles. The highest BCUT2D eigenvalue weighted by Gasteiger charge is 2.19. The summed E-state index contributed by atoms with van der Waals surface area (Å²) in [7, 11) is 0. The molecule has 21 heavy (non-hydrogen) atoms. The van der Waals surface area contributed by atoms with Crippen LogP contribution >= 0.6 is 0 Å². The van der Waals surface area contributed by atoms with Crippen molar-refractivity contribution >= 4 is 5.69 Å². The maximum absolute atomic E-state index is 12.1. The molecule has 2 fully saturated rings. The largest absolute Gasteiger partial charge is 0.370 e. The monoisotopic (exact) mass is 290 g/mol. The van der Waals surface area contributed by atoms with Crippen molar-refractivity contribution in [3.05, 3.63) is 22.6 Å². The molecule has 0 amide bonds. The molecule has 5 nitrogen and oxygen atoms in total. The Morgan fingerprint density at radius 2 is 2.00 bits per heavy atom. The zero-order valence-corrected chi connectivity index (χ0v) is 12.8. The van der Waals surface area contributed by atoms with Crippen molar-refractivity contribution in [1.82, 2.24) is 15.1 Å². The maximum Gasteiger partial charge on any atom is 0.268 e. The Morgan fingerprint density at radius 3 is 2.71 bits per heavy atom. The average Bonchev–Trinajstić information content (AvgIpc) is 3.33. The van der Waals surface area contributed by atoms with E-state index in [9.17, 15) is 4.79 Å². The van der Waals surface area contributed by atoms with Crippen LogP contribution in [0, 0.1) is 0 Å². The topological polar surface area (TPSA) is 50.2 Å². The molecule has 2 heterocycles. The highest BCUT2D eigenvalue weighted by molar-refractivity contribution is 5.43. The van der Waals surface area contributed by atoms with E-state index in [0.717, 1.165) is 50.7 Å². The molecule has 2 aliphatic rings. The standard InChI is InChI=1S/C16H26N4O/c21-16-12-15(19-9-3-1-4-10-19)13-18-20(16)11-5-2-8-17-14-6-7-14/h12-14,17H,1-11H2. The molecule has 5 heteroatoms. The fourth-order valence-electron chi connectivity index (χ4n) is 2.90. The van der Waals surface area contributed by atoms with Crippen LogP contribution in [0.2, 0.25) is 0 Å². The van der Waals surface area contributed by atoms with Gasteiger partial charge in [0.15, 0.2) is 0 Å². The van der Waals surface area contributed by atoms with E-state index in [2.05, 4.69) is 15.3 Å². The van der Waals surface area contributed by atoms with Crippen molar-refractivity contribution in [3.8, 4) is 0 Å². The molecular weight excluding hydrogens is 264 g/mol. The highest BCUT2D eigenvalue weighted by atomic mass is 16.1. The van der Waals surface area contributed by atoms with E-state index in [-0.39, 0.29) is 5.56 Å². The number of hydrogen-bond donors (Lipinski definition) is 1. The van der Waals surface area contributed by atoms with E-state index in [1.54, 1.807) is 10.7 Å². The van der Waals surface area contributed by atoms with E-state index in [0.29, 0.717) is 0 Å². The number of unbranched alkanes of at least 4 members (excludes halogenated alkanes) is 1. The normalized spacial score (nSPS) is 19.0. The third-order valence-corrected chi connectivity index (χ3v) is 4.38. The summed E-state index contributed by atoms with van der Waals surface area (Å²) in [5.74, 6) is 0. The Hall–Kier alpha value is -1.36. The van der Waals surface area contributed by atoms with Crippen LogP contribution in [0.1, 0.15) is 44.9 Å². The van der Waals surface area contributed by atoms with Crippen molar-refractivity contribution < 1.29 is 0 Å². The summed E-state index contributed by atoms with van der Waals surface area (Å²) in [6, 6.07) is 2.52. The fourth-order valence-corrected chi connectivity index (χ4v) is 2.90. The maximum atomic E-state index is 12.1. The first kappa shape index (κ1) is 14.6. The summed E-state index contributed by atoms with van der Waals surface area (Å²) in [4.78, 5) is 14.4. The summed E-state index contributed by atoms with van der Waals surface area (Å²) >= 11 is 0. The molecule has 1 aromatic heterocycles. The Labute approximate surface area is 126 Å². The number of rotatable bonds is 7. The third kappa shape index (κ3) is 4.30. The van der Waals surface area contributed by atoms with Gasteiger partial charge in [0, 0.05) is 31.7 Å². The summed E-state index contributed by atoms with van der Waals surface area (Å²) in [6.45, 7) is 3.90. The van der Waals surface area contributed by atoms with Crippen LogP contribution in [0.15, 0.2) is 17.1 Å². The predicted octanol–water partition coefficient (Wildman–Crippen LogP) is 1.77. The molecule has 0 atom stereocenters. The van der Waals surface area contributed by atoms with Crippen molar-refractivity contribution in [3.63, 3.8) is 0 Å². The van der Waals surface area contributed by atoms with Crippen LogP contribution in [0.4, 0.5) is 5.69 Å². The first-order valence-electron chi connectivity index (χ1n) is 8.38. The minimum Gasteiger partial charge on any atom is -0.370 e. The number of aromatic nitrogens is 2. The zero-order chi connectivity index (χ0) is 14.5. The van der Waals surface area contributed by atoms with Gasteiger partial charge < -0.3 is 10.2 Å². The van der Waals surface area contributed by atoms with E-state index in [4.69, 9.17) is 0 Å². The van der Waals surface area contributed by atoms with Crippen LogP contribution in [0.5, 0.6) is 0 Å². The Kier molecular flexibility index (Phi) is 4.91. The van der Waals surface area contributed by atoms with Crippen LogP contribution in [0.3, 0.4) is 0 Å². The van der Waals surface area contributed by atoms with Crippen molar-refractivity contribution in [2.24, 2.45) is 0 Å². The molecule has 0 unspecified atom stereocenters. The van der Waals surface area contributed by atoms with Gasteiger partial charge in [0.05, 0.1) is 11.9 Å². The lowest BCUT2D eigenvalue weighted by atomic mass is 10.1. The second-order valence-electron chi connectivity index (χ2n) is 6.26. The SMILES string of the molecule is O=c1cc(N2CCCCC2)cnn1CCCCNC1CC1. The molecule has 1 saturated carbocycles. The Bertz CT molecular complexity index is 503. The van der Waals surface area contributed by atoms with E-state index >= 15 is 0 Å².